The molecule has 0 radical (unpaired) electrons. The van der Waals surface area contributed by atoms with Crippen LogP contribution in [-0.2, 0) is 11.3 Å². The zero-order chi connectivity index (χ0) is 17.4. The summed E-state index contributed by atoms with van der Waals surface area (Å²) in [5.74, 6) is 0.623. The highest BCUT2D eigenvalue weighted by Crippen LogP contribution is 2.30. The lowest BCUT2D eigenvalue weighted by atomic mass is 10.1. The first-order valence-corrected chi connectivity index (χ1v) is 8.57. The molecule has 1 fully saturated rings. The zero-order valence-electron chi connectivity index (χ0n) is 13.2. The second-order valence-electron chi connectivity index (χ2n) is 5.75. The van der Waals surface area contributed by atoms with Crippen molar-refractivity contribution < 1.29 is 9.84 Å². The van der Waals surface area contributed by atoms with Gasteiger partial charge in [0.1, 0.15) is 0 Å². The van der Waals surface area contributed by atoms with Crippen molar-refractivity contribution in [2.24, 2.45) is 0 Å². The molecular formula is C16H15Cl2N5O2. The van der Waals surface area contributed by atoms with Gasteiger partial charge < -0.3 is 9.84 Å². The zero-order valence-corrected chi connectivity index (χ0v) is 14.7. The molecule has 3 heterocycles. The Bertz CT molecular complexity index is 924. The highest BCUT2D eigenvalue weighted by Gasteiger charge is 2.17. The van der Waals surface area contributed by atoms with Crippen LogP contribution in [-0.4, -0.2) is 55.9 Å². The molecular weight excluding hydrogens is 365 g/mol. The molecule has 3 aromatic rings. The van der Waals surface area contributed by atoms with Gasteiger partial charge in [0.15, 0.2) is 11.5 Å². The first kappa shape index (κ1) is 16.5. The van der Waals surface area contributed by atoms with Crippen LogP contribution in [0.5, 0.6) is 6.01 Å². The molecule has 1 N–H and O–H groups in total. The largest absolute Gasteiger partial charge is 0.479 e. The molecule has 1 saturated heterocycles. The van der Waals surface area contributed by atoms with Gasteiger partial charge in [-0.1, -0.05) is 23.2 Å². The van der Waals surface area contributed by atoms with Crippen molar-refractivity contribution in [3.63, 3.8) is 0 Å². The molecule has 130 valence electrons. The van der Waals surface area contributed by atoms with Crippen molar-refractivity contribution >= 4 is 28.8 Å². The summed E-state index contributed by atoms with van der Waals surface area (Å²) < 4.78 is 6.66. The number of hydrogen-bond donors (Lipinski definition) is 1. The van der Waals surface area contributed by atoms with E-state index in [1.807, 2.05) is 0 Å². The minimum Gasteiger partial charge on any atom is -0.479 e. The number of halogens is 2. The van der Waals surface area contributed by atoms with E-state index in [1.165, 1.54) is 4.52 Å². The lowest BCUT2D eigenvalue weighted by molar-refractivity contribution is 0.0331. The Morgan fingerprint density at radius 2 is 1.92 bits per heavy atom. The number of aromatic hydroxyl groups is 1. The van der Waals surface area contributed by atoms with Crippen LogP contribution < -0.4 is 0 Å². The molecule has 4 rings (SSSR count). The first-order valence-electron chi connectivity index (χ1n) is 7.81. The monoisotopic (exact) mass is 379 g/mol. The molecule has 1 aliphatic rings. The Kier molecular flexibility index (Phi) is 4.47. The van der Waals surface area contributed by atoms with E-state index in [1.54, 1.807) is 24.3 Å². The van der Waals surface area contributed by atoms with Crippen LogP contribution in [0, 0.1) is 0 Å². The van der Waals surface area contributed by atoms with Gasteiger partial charge in [0.05, 0.1) is 30.5 Å². The number of hydrogen-bond acceptors (Lipinski definition) is 6. The number of rotatable bonds is 3. The van der Waals surface area contributed by atoms with Crippen LogP contribution in [0.25, 0.3) is 16.9 Å². The number of aromatic nitrogens is 4. The summed E-state index contributed by atoms with van der Waals surface area (Å²) >= 11 is 12.2. The lowest BCUT2D eigenvalue weighted by Gasteiger charge is -2.25. The highest BCUT2D eigenvalue weighted by atomic mass is 35.5. The summed E-state index contributed by atoms with van der Waals surface area (Å²) in [5.41, 5.74) is 1.69. The van der Waals surface area contributed by atoms with E-state index in [2.05, 4.69) is 20.0 Å². The van der Waals surface area contributed by atoms with Gasteiger partial charge in [0.2, 0.25) is 0 Å². The highest BCUT2D eigenvalue weighted by molar-refractivity contribution is 6.36. The molecule has 0 atom stereocenters. The third-order valence-electron chi connectivity index (χ3n) is 4.03. The molecule has 0 saturated carbocycles. The number of ether oxygens (including phenoxy) is 1. The quantitative estimate of drug-likeness (QED) is 0.753. The van der Waals surface area contributed by atoms with Crippen molar-refractivity contribution in [2.45, 2.75) is 6.54 Å². The van der Waals surface area contributed by atoms with Gasteiger partial charge in [0, 0.05) is 29.7 Å². The van der Waals surface area contributed by atoms with Crippen LogP contribution in [0.4, 0.5) is 0 Å². The first-order chi connectivity index (χ1) is 12.1. The Labute approximate surface area is 153 Å². The summed E-state index contributed by atoms with van der Waals surface area (Å²) in [6.07, 6.45) is 0. The molecule has 0 aliphatic carbocycles. The van der Waals surface area contributed by atoms with E-state index in [9.17, 15) is 5.11 Å². The van der Waals surface area contributed by atoms with Crippen LogP contribution >= 0.6 is 23.2 Å². The summed E-state index contributed by atoms with van der Waals surface area (Å²) in [4.78, 5) is 10.9. The van der Waals surface area contributed by atoms with Gasteiger partial charge in [-0.05, 0) is 18.2 Å². The molecule has 25 heavy (non-hydrogen) atoms. The second-order valence-corrected chi connectivity index (χ2v) is 6.60. The van der Waals surface area contributed by atoms with E-state index in [0.29, 0.717) is 52.5 Å². The fourth-order valence-corrected chi connectivity index (χ4v) is 3.29. The molecule has 0 unspecified atom stereocenters. The van der Waals surface area contributed by atoms with E-state index < -0.39 is 0 Å². The fourth-order valence-electron chi connectivity index (χ4n) is 2.78. The van der Waals surface area contributed by atoms with Crippen LogP contribution in [0.1, 0.15) is 5.82 Å². The predicted octanol–water partition coefficient (Wildman–Crippen LogP) is 2.64. The molecule has 2 aromatic heterocycles. The number of morpholine rings is 1. The van der Waals surface area contributed by atoms with Crippen LogP contribution in [0.2, 0.25) is 10.0 Å². The molecule has 1 aliphatic heterocycles. The average Bonchev–Trinajstić information content (AvgIpc) is 2.99. The van der Waals surface area contributed by atoms with Crippen molar-refractivity contribution in [2.75, 3.05) is 26.3 Å². The SMILES string of the molecule is Oc1nc(-c2ccc(Cl)cc2Cl)cc2nc(CN3CCOCC3)nn12. The maximum atomic E-state index is 10.2. The van der Waals surface area contributed by atoms with Crippen molar-refractivity contribution in [3.8, 4) is 17.3 Å². The Morgan fingerprint density at radius 3 is 2.68 bits per heavy atom. The second kappa shape index (κ2) is 6.76. The van der Waals surface area contributed by atoms with Gasteiger partial charge in [-0.15, -0.1) is 5.10 Å². The molecule has 7 nitrogen and oxygen atoms in total. The third kappa shape index (κ3) is 3.41. The maximum Gasteiger partial charge on any atom is 0.317 e. The smallest absolute Gasteiger partial charge is 0.317 e. The summed E-state index contributed by atoms with van der Waals surface area (Å²) in [6.45, 7) is 3.69. The van der Waals surface area contributed by atoms with E-state index in [4.69, 9.17) is 27.9 Å². The number of nitrogens with zero attached hydrogens (tertiary/aromatic N) is 5. The number of benzene rings is 1. The summed E-state index contributed by atoms with van der Waals surface area (Å²) in [7, 11) is 0. The topological polar surface area (TPSA) is 75.8 Å². The van der Waals surface area contributed by atoms with Gasteiger partial charge in [0.25, 0.3) is 0 Å². The average molecular weight is 380 g/mol. The Hall–Kier alpha value is -1.93. The van der Waals surface area contributed by atoms with E-state index in [0.717, 1.165) is 13.1 Å². The van der Waals surface area contributed by atoms with Gasteiger partial charge in [-0.25, -0.2) is 4.98 Å². The molecule has 0 amide bonds. The number of fused-ring (bicyclic) bond motifs is 1. The molecule has 9 heteroatoms. The van der Waals surface area contributed by atoms with Crippen LogP contribution in [0.3, 0.4) is 0 Å². The Morgan fingerprint density at radius 1 is 1.12 bits per heavy atom. The fraction of sp³-hybridized carbons (Fsp3) is 0.312. The minimum atomic E-state index is -0.237. The molecule has 1 aromatic carbocycles. The molecule has 0 spiro atoms. The summed E-state index contributed by atoms with van der Waals surface area (Å²) in [6, 6.07) is 6.62. The summed E-state index contributed by atoms with van der Waals surface area (Å²) in [5, 5.41) is 15.6. The molecule has 0 bridgehead atoms. The Balaban J connectivity index is 1.69. The minimum absolute atomic E-state index is 0.237. The van der Waals surface area contributed by atoms with Gasteiger partial charge >= 0.3 is 6.01 Å². The van der Waals surface area contributed by atoms with Crippen LogP contribution in [0.15, 0.2) is 24.3 Å². The van der Waals surface area contributed by atoms with Gasteiger partial charge in [-0.2, -0.15) is 9.50 Å². The van der Waals surface area contributed by atoms with Crippen molar-refractivity contribution in [3.05, 3.63) is 40.1 Å². The lowest BCUT2D eigenvalue weighted by Crippen LogP contribution is -2.35. The van der Waals surface area contributed by atoms with E-state index >= 15 is 0 Å². The maximum absolute atomic E-state index is 10.2. The normalized spacial score (nSPS) is 15.8. The van der Waals surface area contributed by atoms with E-state index in [-0.39, 0.29) is 6.01 Å². The standard InChI is InChI=1S/C16H15Cl2N5O2/c17-10-1-2-11(12(18)7-10)13-8-15-20-14(21-23(15)16(24)19-13)9-22-3-5-25-6-4-22/h1-2,7-8H,3-6,9H2,(H,19,24). The third-order valence-corrected chi connectivity index (χ3v) is 4.58. The van der Waals surface area contributed by atoms with Gasteiger partial charge in [-0.3, -0.25) is 4.90 Å². The van der Waals surface area contributed by atoms with Crippen molar-refractivity contribution in [1.82, 2.24) is 24.5 Å². The predicted molar refractivity (Wildman–Crippen MR) is 94.0 cm³/mol. The van der Waals surface area contributed by atoms with Crippen molar-refractivity contribution in [1.29, 1.82) is 0 Å².